The molecule has 0 unspecified atom stereocenters. The zero-order valence-corrected chi connectivity index (χ0v) is 13.1. The second kappa shape index (κ2) is 7.67. The largest absolute Gasteiger partial charge is 0.357 e. The number of nitrogens with one attached hydrogen (secondary N) is 3. The summed E-state index contributed by atoms with van der Waals surface area (Å²) in [5.74, 6) is 1.92. The van der Waals surface area contributed by atoms with Crippen molar-refractivity contribution in [3.63, 3.8) is 0 Å². The summed E-state index contributed by atoms with van der Waals surface area (Å²) in [5.41, 5.74) is 2.14. The number of aromatic amines is 1. The Morgan fingerprint density at radius 1 is 1.33 bits per heavy atom. The van der Waals surface area contributed by atoms with Crippen molar-refractivity contribution < 1.29 is 0 Å². The molecule has 0 atom stereocenters. The number of aliphatic imine (C=N–C) groups is 1. The van der Waals surface area contributed by atoms with Crippen LogP contribution in [0.3, 0.4) is 0 Å². The van der Waals surface area contributed by atoms with Gasteiger partial charge in [-0.05, 0) is 39.3 Å². The van der Waals surface area contributed by atoms with Crippen LogP contribution >= 0.6 is 0 Å². The van der Waals surface area contributed by atoms with Gasteiger partial charge in [0.2, 0.25) is 0 Å². The number of benzene rings is 1. The van der Waals surface area contributed by atoms with E-state index in [2.05, 4.69) is 52.4 Å². The van der Waals surface area contributed by atoms with Crippen molar-refractivity contribution in [1.82, 2.24) is 20.6 Å². The lowest BCUT2D eigenvalue weighted by atomic mass is 10.3. The minimum absolute atomic E-state index is 0.387. The van der Waals surface area contributed by atoms with Gasteiger partial charge in [0, 0.05) is 25.6 Å². The van der Waals surface area contributed by atoms with Crippen LogP contribution in [0.25, 0.3) is 11.0 Å². The van der Waals surface area contributed by atoms with E-state index >= 15 is 0 Å². The minimum atomic E-state index is 0.387. The first kappa shape index (κ1) is 15.4. The molecule has 0 radical (unpaired) electrons. The van der Waals surface area contributed by atoms with Gasteiger partial charge >= 0.3 is 0 Å². The first-order valence-electron chi connectivity index (χ1n) is 7.67. The molecule has 0 aliphatic rings. The zero-order valence-electron chi connectivity index (χ0n) is 13.1. The Morgan fingerprint density at radius 3 is 2.86 bits per heavy atom. The molecule has 5 nitrogen and oxygen atoms in total. The standard InChI is InChI=1S/C16H25N5/c1-4-17-16(19-12(2)3)18-11-7-10-15-20-13-8-5-6-9-14(13)21-15/h5-6,8-9,12H,4,7,10-11H2,1-3H3,(H,20,21)(H2,17,18,19). The molecule has 1 aromatic heterocycles. The van der Waals surface area contributed by atoms with Crippen LogP contribution < -0.4 is 10.6 Å². The maximum atomic E-state index is 4.58. The molecule has 2 rings (SSSR count). The molecule has 0 saturated heterocycles. The fourth-order valence-electron chi connectivity index (χ4n) is 2.15. The van der Waals surface area contributed by atoms with Crippen LogP contribution in [0.5, 0.6) is 0 Å². The molecule has 0 spiro atoms. The summed E-state index contributed by atoms with van der Waals surface area (Å²) in [5, 5.41) is 6.57. The van der Waals surface area contributed by atoms with Crippen LogP contribution in [0.15, 0.2) is 29.3 Å². The highest BCUT2D eigenvalue weighted by atomic mass is 15.2. The van der Waals surface area contributed by atoms with Crippen molar-refractivity contribution in [3.05, 3.63) is 30.1 Å². The number of H-pyrrole nitrogens is 1. The van der Waals surface area contributed by atoms with E-state index < -0.39 is 0 Å². The van der Waals surface area contributed by atoms with Gasteiger partial charge in [0.15, 0.2) is 5.96 Å². The number of imidazole rings is 1. The molecular weight excluding hydrogens is 262 g/mol. The van der Waals surface area contributed by atoms with Gasteiger partial charge in [0.05, 0.1) is 11.0 Å². The molecule has 114 valence electrons. The van der Waals surface area contributed by atoms with E-state index in [1.807, 2.05) is 18.2 Å². The van der Waals surface area contributed by atoms with Gasteiger partial charge in [0.1, 0.15) is 5.82 Å². The highest BCUT2D eigenvalue weighted by molar-refractivity contribution is 5.80. The third kappa shape index (κ3) is 4.77. The Morgan fingerprint density at radius 2 is 2.14 bits per heavy atom. The quantitative estimate of drug-likeness (QED) is 0.434. The zero-order chi connectivity index (χ0) is 15.1. The van der Waals surface area contributed by atoms with Crippen LogP contribution in [0.1, 0.15) is 33.0 Å². The second-order valence-electron chi connectivity index (χ2n) is 5.36. The lowest BCUT2D eigenvalue weighted by molar-refractivity contribution is 0.695. The van der Waals surface area contributed by atoms with Crippen LogP contribution in [0.4, 0.5) is 0 Å². The number of guanidine groups is 1. The fourth-order valence-corrected chi connectivity index (χ4v) is 2.15. The SMILES string of the molecule is CCNC(=NCCCc1nc2ccccc2[nH]1)NC(C)C. The fraction of sp³-hybridized carbons (Fsp3) is 0.500. The Bertz CT molecular complexity index is 552. The number of para-hydroxylation sites is 2. The average molecular weight is 287 g/mol. The van der Waals surface area contributed by atoms with E-state index in [-0.39, 0.29) is 0 Å². The van der Waals surface area contributed by atoms with Crippen molar-refractivity contribution in [2.75, 3.05) is 13.1 Å². The molecule has 2 aromatic rings. The summed E-state index contributed by atoms with van der Waals surface area (Å²) >= 11 is 0. The Hall–Kier alpha value is -2.04. The lowest BCUT2D eigenvalue weighted by Crippen LogP contribution is -2.41. The Labute approximate surface area is 126 Å². The first-order valence-corrected chi connectivity index (χ1v) is 7.67. The minimum Gasteiger partial charge on any atom is -0.357 e. The molecule has 0 bridgehead atoms. The van der Waals surface area contributed by atoms with Crippen molar-refractivity contribution in [3.8, 4) is 0 Å². The van der Waals surface area contributed by atoms with Gasteiger partial charge in [-0.2, -0.15) is 0 Å². The summed E-state index contributed by atoms with van der Waals surface area (Å²) < 4.78 is 0. The van der Waals surface area contributed by atoms with Crippen LogP contribution in [-0.4, -0.2) is 35.1 Å². The number of rotatable bonds is 6. The molecule has 0 fully saturated rings. The smallest absolute Gasteiger partial charge is 0.191 e. The van der Waals surface area contributed by atoms with E-state index in [0.29, 0.717) is 6.04 Å². The third-order valence-corrected chi connectivity index (χ3v) is 3.05. The third-order valence-electron chi connectivity index (χ3n) is 3.05. The van der Waals surface area contributed by atoms with Crippen molar-refractivity contribution in [2.45, 2.75) is 39.7 Å². The number of hydrogen-bond donors (Lipinski definition) is 3. The highest BCUT2D eigenvalue weighted by Gasteiger charge is 2.02. The summed E-state index contributed by atoms with van der Waals surface area (Å²) in [7, 11) is 0. The average Bonchev–Trinajstić information content (AvgIpc) is 2.85. The number of nitrogens with zero attached hydrogens (tertiary/aromatic N) is 2. The monoisotopic (exact) mass is 287 g/mol. The van der Waals surface area contributed by atoms with Gasteiger partial charge in [0.25, 0.3) is 0 Å². The number of hydrogen-bond acceptors (Lipinski definition) is 2. The Kier molecular flexibility index (Phi) is 5.60. The molecule has 1 aromatic carbocycles. The van der Waals surface area contributed by atoms with Crippen LogP contribution in [-0.2, 0) is 6.42 Å². The molecular formula is C16H25N5. The summed E-state index contributed by atoms with van der Waals surface area (Å²) in [6, 6.07) is 8.51. The summed E-state index contributed by atoms with van der Waals surface area (Å²) in [6.07, 6.45) is 1.90. The van der Waals surface area contributed by atoms with Gasteiger partial charge in [-0.15, -0.1) is 0 Å². The molecule has 0 aliphatic carbocycles. The van der Waals surface area contributed by atoms with Gasteiger partial charge in [-0.25, -0.2) is 4.98 Å². The molecule has 0 amide bonds. The van der Waals surface area contributed by atoms with Crippen molar-refractivity contribution >= 4 is 17.0 Å². The van der Waals surface area contributed by atoms with E-state index in [9.17, 15) is 0 Å². The molecule has 21 heavy (non-hydrogen) atoms. The van der Waals surface area contributed by atoms with Gasteiger partial charge < -0.3 is 15.6 Å². The normalized spacial score (nSPS) is 12.1. The molecule has 0 aliphatic heterocycles. The number of aromatic nitrogens is 2. The number of aryl methyl sites for hydroxylation is 1. The van der Waals surface area contributed by atoms with E-state index in [1.165, 1.54) is 0 Å². The molecule has 1 heterocycles. The topological polar surface area (TPSA) is 65.1 Å². The second-order valence-corrected chi connectivity index (χ2v) is 5.36. The maximum Gasteiger partial charge on any atom is 0.191 e. The van der Waals surface area contributed by atoms with E-state index in [4.69, 9.17) is 0 Å². The summed E-state index contributed by atoms with van der Waals surface area (Å²) in [4.78, 5) is 12.5. The lowest BCUT2D eigenvalue weighted by Gasteiger charge is -2.13. The van der Waals surface area contributed by atoms with E-state index in [1.54, 1.807) is 0 Å². The molecule has 5 heteroatoms. The molecule has 3 N–H and O–H groups in total. The predicted molar refractivity (Wildman–Crippen MR) is 88.7 cm³/mol. The summed E-state index contributed by atoms with van der Waals surface area (Å²) in [6.45, 7) is 7.97. The number of fused-ring (bicyclic) bond motifs is 1. The highest BCUT2D eigenvalue weighted by Crippen LogP contribution is 2.11. The van der Waals surface area contributed by atoms with Crippen LogP contribution in [0, 0.1) is 0 Å². The Balaban J connectivity index is 1.84. The van der Waals surface area contributed by atoms with Crippen molar-refractivity contribution in [1.29, 1.82) is 0 Å². The first-order chi connectivity index (χ1) is 10.2. The van der Waals surface area contributed by atoms with Gasteiger partial charge in [-0.3, -0.25) is 4.99 Å². The van der Waals surface area contributed by atoms with Gasteiger partial charge in [-0.1, -0.05) is 12.1 Å². The van der Waals surface area contributed by atoms with Crippen LogP contribution in [0.2, 0.25) is 0 Å². The van der Waals surface area contributed by atoms with Crippen molar-refractivity contribution in [2.24, 2.45) is 4.99 Å². The maximum absolute atomic E-state index is 4.58. The molecule has 0 saturated carbocycles. The predicted octanol–water partition coefficient (Wildman–Crippen LogP) is 2.46. The van der Waals surface area contributed by atoms with E-state index in [0.717, 1.165) is 48.7 Å².